The van der Waals surface area contributed by atoms with Crippen molar-refractivity contribution in [3.05, 3.63) is 24.3 Å². The molecule has 0 saturated carbocycles. The van der Waals surface area contributed by atoms with E-state index in [0.717, 1.165) is 5.75 Å². The van der Waals surface area contributed by atoms with E-state index >= 15 is 0 Å². The van der Waals surface area contributed by atoms with Crippen molar-refractivity contribution in [1.29, 1.82) is 0 Å². The first-order valence-electron chi connectivity index (χ1n) is 6.49. The maximum Gasteiger partial charge on any atom is 0.122 e. The molecule has 1 saturated heterocycles. The fourth-order valence-corrected chi connectivity index (χ4v) is 3.50. The molecule has 0 aliphatic carbocycles. The zero-order valence-electron chi connectivity index (χ0n) is 10.5. The Balaban J connectivity index is 1.86. The van der Waals surface area contributed by atoms with Crippen LogP contribution in [0.2, 0.25) is 0 Å². The van der Waals surface area contributed by atoms with Crippen molar-refractivity contribution in [1.82, 2.24) is 0 Å². The summed E-state index contributed by atoms with van der Waals surface area (Å²) in [5.41, 5.74) is 5.86. The van der Waals surface area contributed by atoms with Crippen LogP contribution < -0.4 is 10.5 Å². The van der Waals surface area contributed by atoms with Gasteiger partial charge in [-0.2, -0.15) is 11.8 Å². The Morgan fingerprint density at radius 2 is 2.17 bits per heavy atom. The number of phenols is 1. The van der Waals surface area contributed by atoms with E-state index in [9.17, 15) is 5.11 Å². The minimum atomic E-state index is 0.242. The van der Waals surface area contributed by atoms with Gasteiger partial charge in [-0.25, -0.2) is 0 Å². The summed E-state index contributed by atoms with van der Waals surface area (Å²) in [5.74, 6) is 4.56. The third-order valence-corrected chi connectivity index (χ3v) is 4.57. The van der Waals surface area contributed by atoms with Crippen LogP contribution in [0.1, 0.15) is 12.8 Å². The van der Waals surface area contributed by atoms with Crippen LogP contribution in [-0.4, -0.2) is 29.8 Å². The maximum absolute atomic E-state index is 9.38. The van der Waals surface area contributed by atoms with E-state index in [1.807, 2.05) is 17.8 Å². The maximum atomic E-state index is 9.38. The Kier molecular flexibility index (Phi) is 5.20. The normalized spacial score (nSPS) is 18.5. The second kappa shape index (κ2) is 6.90. The number of rotatable bonds is 5. The molecule has 0 aromatic heterocycles. The average molecular weight is 267 g/mol. The summed E-state index contributed by atoms with van der Waals surface area (Å²) in [6.45, 7) is 1.32. The number of aromatic hydroxyl groups is 1. The molecule has 4 heteroatoms. The topological polar surface area (TPSA) is 55.5 Å². The van der Waals surface area contributed by atoms with E-state index in [0.29, 0.717) is 25.0 Å². The van der Waals surface area contributed by atoms with E-state index < -0.39 is 0 Å². The number of thioether (sulfide) groups is 1. The fraction of sp³-hybridized carbons (Fsp3) is 0.571. The van der Waals surface area contributed by atoms with Gasteiger partial charge in [0.25, 0.3) is 0 Å². The van der Waals surface area contributed by atoms with Gasteiger partial charge in [0.1, 0.15) is 11.5 Å². The van der Waals surface area contributed by atoms with Gasteiger partial charge in [-0.1, -0.05) is 6.07 Å². The van der Waals surface area contributed by atoms with E-state index in [1.165, 1.54) is 24.3 Å². The van der Waals surface area contributed by atoms with Crippen LogP contribution in [0.3, 0.4) is 0 Å². The number of nitrogens with two attached hydrogens (primary N) is 1. The first-order chi connectivity index (χ1) is 8.79. The summed E-state index contributed by atoms with van der Waals surface area (Å²) >= 11 is 2.03. The van der Waals surface area contributed by atoms with Crippen molar-refractivity contribution in [2.45, 2.75) is 12.8 Å². The van der Waals surface area contributed by atoms with E-state index in [4.69, 9.17) is 10.5 Å². The highest BCUT2D eigenvalue weighted by Gasteiger charge is 2.23. The largest absolute Gasteiger partial charge is 0.508 e. The van der Waals surface area contributed by atoms with Crippen molar-refractivity contribution in [3.8, 4) is 11.5 Å². The molecule has 0 radical (unpaired) electrons. The van der Waals surface area contributed by atoms with Gasteiger partial charge in [-0.05, 0) is 48.9 Å². The number of benzene rings is 1. The van der Waals surface area contributed by atoms with Crippen molar-refractivity contribution in [3.63, 3.8) is 0 Å². The SMILES string of the molecule is NCC(COc1cccc(O)c1)C1CCSCC1. The minimum Gasteiger partial charge on any atom is -0.508 e. The van der Waals surface area contributed by atoms with Crippen molar-refractivity contribution in [2.75, 3.05) is 24.7 Å². The molecule has 18 heavy (non-hydrogen) atoms. The highest BCUT2D eigenvalue weighted by atomic mass is 32.2. The number of ether oxygens (including phenoxy) is 1. The monoisotopic (exact) mass is 267 g/mol. The second-order valence-corrected chi connectivity index (χ2v) is 5.98. The molecular weight excluding hydrogens is 246 g/mol. The van der Waals surface area contributed by atoms with Gasteiger partial charge >= 0.3 is 0 Å². The Morgan fingerprint density at radius 1 is 1.39 bits per heavy atom. The molecule has 1 aromatic rings. The summed E-state index contributed by atoms with van der Waals surface area (Å²) in [4.78, 5) is 0. The standard InChI is InChI=1S/C14H21NO2S/c15-9-12(11-4-6-18-7-5-11)10-17-14-3-1-2-13(16)8-14/h1-3,8,11-12,16H,4-7,9-10,15H2. The molecule has 1 aromatic carbocycles. The van der Waals surface area contributed by atoms with Gasteiger partial charge in [0.05, 0.1) is 6.61 Å². The molecule has 0 amide bonds. The Bertz CT molecular complexity index is 367. The molecule has 0 spiro atoms. The summed E-state index contributed by atoms with van der Waals surface area (Å²) in [6, 6.07) is 6.94. The number of phenolic OH excluding ortho intramolecular Hbond substituents is 1. The molecule has 3 N–H and O–H groups in total. The predicted molar refractivity (Wildman–Crippen MR) is 76.2 cm³/mol. The van der Waals surface area contributed by atoms with Crippen LogP contribution in [0, 0.1) is 11.8 Å². The zero-order chi connectivity index (χ0) is 12.8. The van der Waals surface area contributed by atoms with Crippen LogP contribution >= 0.6 is 11.8 Å². The lowest BCUT2D eigenvalue weighted by Crippen LogP contribution is -2.31. The van der Waals surface area contributed by atoms with Crippen LogP contribution in [0.25, 0.3) is 0 Å². The fourth-order valence-electron chi connectivity index (χ4n) is 2.36. The van der Waals surface area contributed by atoms with Crippen molar-refractivity contribution >= 4 is 11.8 Å². The lowest BCUT2D eigenvalue weighted by atomic mass is 9.88. The van der Waals surface area contributed by atoms with E-state index in [2.05, 4.69) is 0 Å². The first-order valence-corrected chi connectivity index (χ1v) is 7.64. The van der Waals surface area contributed by atoms with E-state index in [1.54, 1.807) is 18.2 Å². The Hall–Kier alpha value is -0.870. The third-order valence-electron chi connectivity index (χ3n) is 3.52. The summed E-state index contributed by atoms with van der Waals surface area (Å²) < 4.78 is 5.75. The Morgan fingerprint density at radius 3 is 2.83 bits per heavy atom. The molecule has 1 fully saturated rings. The highest BCUT2D eigenvalue weighted by Crippen LogP contribution is 2.29. The van der Waals surface area contributed by atoms with Gasteiger partial charge in [-0.15, -0.1) is 0 Å². The molecule has 1 unspecified atom stereocenters. The molecular formula is C14H21NO2S. The van der Waals surface area contributed by atoms with Gasteiger partial charge in [0.2, 0.25) is 0 Å². The van der Waals surface area contributed by atoms with Crippen LogP contribution in [-0.2, 0) is 0 Å². The van der Waals surface area contributed by atoms with Crippen LogP contribution in [0.15, 0.2) is 24.3 Å². The van der Waals surface area contributed by atoms with Crippen LogP contribution in [0.4, 0.5) is 0 Å². The van der Waals surface area contributed by atoms with Gasteiger partial charge < -0.3 is 15.6 Å². The zero-order valence-corrected chi connectivity index (χ0v) is 11.4. The highest BCUT2D eigenvalue weighted by molar-refractivity contribution is 7.99. The Labute approximate surface area is 113 Å². The molecule has 100 valence electrons. The molecule has 1 aliphatic heterocycles. The molecule has 2 rings (SSSR count). The lowest BCUT2D eigenvalue weighted by molar-refractivity contribution is 0.190. The summed E-state index contributed by atoms with van der Waals surface area (Å²) in [6.07, 6.45) is 2.49. The van der Waals surface area contributed by atoms with Crippen molar-refractivity contribution in [2.24, 2.45) is 17.6 Å². The average Bonchev–Trinajstić information content (AvgIpc) is 2.41. The van der Waals surface area contributed by atoms with Gasteiger partial charge in [0, 0.05) is 12.0 Å². The molecule has 1 aliphatic rings. The van der Waals surface area contributed by atoms with Gasteiger partial charge in [-0.3, -0.25) is 0 Å². The number of hydrogen-bond acceptors (Lipinski definition) is 4. The third kappa shape index (κ3) is 3.82. The first kappa shape index (κ1) is 13.6. The lowest BCUT2D eigenvalue weighted by Gasteiger charge is -2.29. The van der Waals surface area contributed by atoms with Crippen molar-refractivity contribution < 1.29 is 9.84 Å². The minimum absolute atomic E-state index is 0.242. The number of hydrogen-bond donors (Lipinski definition) is 2. The van der Waals surface area contributed by atoms with Gasteiger partial charge in [0.15, 0.2) is 0 Å². The summed E-state index contributed by atoms with van der Waals surface area (Å²) in [7, 11) is 0. The van der Waals surface area contributed by atoms with Crippen LogP contribution in [0.5, 0.6) is 11.5 Å². The molecule has 1 atom stereocenters. The second-order valence-electron chi connectivity index (χ2n) is 4.75. The molecule has 0 bridgehead atoms. The van der Waals surface area contributed by atoms with E-state index in [-0.39, 0.29) is 5.75 Å². The quantitative estimate of drug-likeness (QED) is 0.860. The predicted octanol–water partition coefficient (Wildman–Crippen LogP) is 2.49. The molecule has 3 nitrogen and oxygen atoms in total. The molecule has 1 heterocycles. The smallest absolute Gasteiger partial charge is 0.122 e. The summed E-state index contributed by atoms with van der Waals surface area (Å²) in [5, 5.41) is 9.38.